The number of carbonyl (C=O) groups excluding carboxylic acids is 1. The molecule has 4 unspecified atom stereocenters. The van der Waals surface area contributed by atoms with Crippen LogP contribution < -0.4 is 0 Å². The molecule has 1 fully saturated rings. The van der Waals surface area contributed by atoms with Gasteiger partial charge < -0.3 is 0 Å². The van der Waals surface area contributed by atoms with Gasteiger partial charge in [0.2, 0.25) is 0 Å². The van der Waals surface area contributed by atoms with Crippen LogP contribution in [0.25, 0.3) is 0 Å². The van der Waals surface area contributed by atoms with Gasteiger partial charge in [0.05, 0.1) is 0 Å². The summed E-state index contributed by atoms with van der Waals surface area (Å²) >= 11 is 0. The Hall–Kier alpha value is -0.590. The Morgan fingerprint density at radius 3 is 3.00 bits per heavy atom. The number of Topliss-reactive ketones (excluding diaryl/α,β-unsaturated/α-hetero) is 1. The maximum Gasteiger partial charge on any atom is 0.136 e. The zero-order chi connectivity index (χ0) is 10.1. The first-order valence-corrected chi connectivity index (χ1v) is 5.93. The Labute approximate surface area is 86.6 Å². The predicted molar refractivity (Wildman–Crippen MR) is 57.9 cm³/mol. The quantitative estimate of drug-likeness (QED) is 0.583. The van der Waals surface area contributed by atoms with Crippen molar-refractivity contribution in [1.29, 1.82) is 0 Å². The number of hydrogen-bond donors (Lipinski definition) is 0. The first-order chi connectivity index (χ1) is 6.74. The van der Waals surface area contributed by atoms with Crippen LogP contribution in [0.3, 0.4) is 0 Å². The van der Waals surface area contributed by atoms with Crippen molar-refractivity contribution in [2.45, 2.75) is 39.5 Å². The van der Waals surface area contributed by atoms with Crippen LogP contribution in [-0.4, -0.2) is 5.78 Å². The second kappa shape index (κ2) is 3.88. The monoisotopic (exact) mass is 192 g/mol. The molecule has 0 aromatic carbocycles. The van der Waals surface area contributed by atoms with Crippen LogP contribution in [0.2, 0.25) is 0 Å². The van der Waals surface area contributed by atoms with Gasteiger partial charge in [-0.25, -0.2) is 0 Å². The van der Waals surface area contributed by atoms with Crippen LogP contribution in [0.4, 0.5) is 0 Å². The van der Waals surface area contributed by atoms with E-state index in [2.05, 4.69) is 26.0 Å². The second-order valence-corrected chi connectivity index (χ2v) is 4.89. The van der Waals surface area contributed by atoms with Gasteiger partial charge in [-0.05, 0) is 30.6 Å². The van der Waals surface area contributed by atoms with Crippen molar-refractivity contribution < 1.29 is 4.79 Å². The van der Waals surface area contributed by atoms with Crippen LogP contribution >= 0.6 is 0 Å². The molecule has 0 aromatic heterocycles. The normalized spacial score (nSPS) is 42.3. The number of ketones is 1. The zero-order valence-corrected chi connectivity index (χ0v) is 9.20. The maximum absolute atomic E-state index is 11.9. The van der Waals surface area contributed by atoms with Crippen LogP contribution in [-0.2, 0) is 4.79 Å². The first-order valence-electron chi connectivity index (χ1n) is 5.93. The minimum atomic E-state index is 0.346. The molecule has 0 aromatic rings. The van der Waals surface area contributed by atoms with Crippen molar-refractivity contribution in [1.82, 2.24) is 0 Å². The molecular formula is C13H20O. The molecule has 0 saturated heterocycles. The van der Waals surface area contributed by atoms with Crippen LogP contribution in [0, 0.1) is 23.7 Å². The SMILES string of the molecule is CCC1CCC(=O)C2C(C)C=CCC12. The summed E-state index contributed by atoms with van der Waals surface area (Å²) in [5.74, 6) is 2.80. The maximum atomic E-state index is 11.9. The smallest absolute Gasteiger partial charge is 0.136 e. The average molecular weight is 192 g/mol. The molecule has 0 N–H and O–H groups in total. The molecule has 0 spiro atoms. The Morgan fingerprint density at radius 2 is 2.29 bits per heavy atom. The highest BCUT2D eigenvalue weighted by Gasteiger charge is 2.40. The number of allylic oxidation sites excluding steroid dienone is 2. The van der Waals surface area contributed by atoms with Gasteiger partial charge in [-0.2, -0.15) is 0 Å². The van der Waals surface area contributed by atoms with Crippen molar-refractivity contribution in [3.05, 3.63) is 12.2 Å². The summed E-state index contributed by atoms with van der Waals surface area (Å²) in [6.45, 7) is 4.46. The van der Waals surface area contributed by atoms with Crippen LogP contribution in [0.5, 0.6) is 0 Å². The van der Waals surface area contributed by atoms with Gasteiger partial charge >= 0.3 is 0 Å². The molecular weight excluding hydrogens is 172 g/mol. The highest BCUT2D eigenvalue weighted by molar-refractivity contribution is 5.82. The van der Waals surface area contributed by atoms with Crippen molar-refractivity contribution in [3.8, 4) is 0 Å². The molecule has 14 heavy (non-hydrogen) atoms. The molecule has 4 atom stereocenters. The summed E-state index contributed by atoms with van der Waals surface area (Å²) in [5, 5.41) is 0. The lowest BCUT2D eigenvalue weighted by Crippen LogP contribution is -2.39. The van der Waals surface area contributed by atoms with Gasteiger partial charge in [0.1, 0.15) is 5.78 Å². The minimum absolute atomic E-state index is 0.346. The largest absolute Gasteiger partial charge is 0.299 e. The van der Waals surface area contributed by atoms with E-state index in [1.54, 1.807) is 0 Å². The molecule has 78 valence electrons. The molecule has 1 saturated carbocycles. The van der Waals surface area contributed by atoms with E-state index in [0.717, 1.165) is 25.2 Å². The fourth-order valence-electron chi connectivity index (χ4n) is 3.34. The van der Waals surface area contributed by atoms with Crippen molar-refractivity contribution in [2.75, 3.05) is 0 Å². The second-order valence-electron chi connectivity index (χ2n) is 4.89. The van der Waals surface area contributed by atoms with E-state index in [1.807, 2.05) is 0 Å². The van der Waals surface area contributed by atoms with Gasteiger partial charge in [0.25, 0.3) is 0 Å². The molecule has 2 aliphatic rings. The molecule has 0 bridgehead atoms. The lowest BCUT2D eigenvalue weighted by Gasteiger charge is -2.41. The van der Waals surface area contributed by atoms with E-state index < -0.39 is 0 Å². The number of carbonyl (C=O) groups is 1. The number of hydrogen-bond acceptors (Lipinski definition) is 1. The topological polar surface area (TPSA) is 17.1 Å². The number of fused-ring (bicyclic) bond motifs is 1. The zero-order valence-electron chi connectivity index (χ0n) is 9.20. The van der Waals surface area contributed by atoms with E-state index in [-0.39, 0.29) is 0 Å². The lowest BCUT2D eigenvalue weighted by atomic mass is 9.63. The highest BCUT2D eigenvalue weighted by atomic mass is 16.1. The van der Waals surface area contributed by atoms with E-state index in [9.17, 15) is 4.79 Å². The minimum Gasteiger partial charge on any atom is -0.299 e. The van der Waals surface area contributed by atoms with Crippen molar-refractivity contribution in [3.63, 3.8) is 0 Å². The molecule has 2 rings (SSSR count). The fraction of sp³-hybridized carbons (Fsp3) is 0.769. The molecule has 0 aliphatic heterocycles. The van der Waals surface area contributed by atoms with Gasteiger partial charge in [0.15, 0.2) is 0 Å². The molecule has 1 nitrogen and oxygen atoms in total. The third kappa shape index (κ3) is 1.53. The van der Waals surface area contributed by atoms with E-state index in [0.29, 0.717) is 23.5 Å². The predicted octanol–water partition coefficient (Wildman–Crippen LogP) is 3.20. The van der Waals surface area contributed by atoms with E-state index in [1.165, 1.54) is 6.42 Å². The summed E-state index contributed by atoms with van der Waals surface area (Å²) in [4.78, 5) is 11.9. The van der Waals surface area contributed by atoms with E-state index >= 15 is 0 Å². The molecule has 2 aliphatic carbocycles. The molecule has 0 radical (unpaired) electrons. The van der Waals surface area contributed by atoms with Gasteiger partial charge in [-0.1, -0.05) is 32.4 Å². The Bertz CT molecular complexity index is 254. The Balaban J connectivity index is 2.22. The van der Waals surface area contributed by atoms with Gasteiger partial charge in [-0.15, -0.1) is 0 Å². The van der Waals surface area contributed by atoms with E-state index in [4.69, 9.17) is 0 Å². The third-order valence-electron chi connectivity index (χ3n) is 4.14. The third-order valence-corrected chi connectivity index (χ3v) is 4.14. The standard InChI is InChI=1S/C13H20O/c1-3-10-7-8-12(14)13-9(2)5-4-6-11(10)13/h4-5,9-11,13H,3,6-8H2,1-2H3. The summed E-state index contributed by atoms with van der Waals surface area (Å²) in [6, 6.07) is 0. The molecule has 1 heteroatoms. The lowest BCUT2D eigenvalue weighted by molar-refractivity contribution is -0.130. The summed E-state index contributed by atoms with van der Waals surface area (Å²) in [6.07, 6.45) is 8.87. The highest BCUT2D eigenvalue weighted by Crippen LogP contribution is 2.43. The fourth-order valence-corrected chi connectivity index (χ4v) is 3.34. The van der Waals surface area contributed by atoms with Crippen molar-refractivity contribution in [2.24, 2.45) is 23.7 Å². The Morgan fingerprint density at radius 1 is 1.50 bits per heavy atom. The summed E-state index contributed by atoms with van der Waals surface area (Å²) < 4.78 is 0. The average Bonchev–Trinajstić information content (AvgIpc) is 2.18. The van der Waals surface area contributed by atoms with Crippen LogP contribution in [0.15, 0.2) is 12.2 Å². The summed E-state index contributed by atoms with van der Waals surface area (Å²) in [7, 11) is 0. The molecule has 0 amide bonds. The Kier molecular flexibility index (Phi) is 2.76. The van der Waals surface area contributed by atoms with Crippen LogP contribution in [0.1, 0.15) is 39.5 Å². The van der Waals surface area contributed by atoms with Gasteiger partial charge in [-0.3, -0.25) is 4.79 Å². The summed E-state index contributed by atoms with van der Waals surface area (Å²) in [5.41, 5.74) is 0. The molecule has 0 heterocycles. The first kappa shape index (κ1) is 9.95. The van der Waals surface area contributed by atoms with Crippen molar-refractivity contribution >= 4 is 5.78 Å². The van der Waals surface area contributed by atoms with Gasteiger partial charge in [0, 0.05) is 12.3 Å². The number of rotatable bonds is 1.